The number of benzene rings is 3. The van der Waals surface area contributed by atoms with Gasteiger partial charge in [0.05, 0.1) is 0 Å². The van der Waals surface area contributed by atoms with Gasteiger partial charge >= 0.3 is 6.01 Å². The Morgan fingerprint density at radius 2 is 1.89 bits per heavy atom. The molecule has 4 heterocycles. The second-order valence-corrected chi connectivity index (χ2v) is 12.4. The van der Waals surface area contributed by atoms with Gasteiger partial charge in [-0.25, -0.2) is 4.39 Å². The van der Waals surface area contributed by atoms with Gasteiger partial charge in [-0.15, -0.1) is 0 Å². The second-order valence-electron chi connectivity index (χ2n) is 12.4. The number of carbonyl (C=O) groups excluding carboxylic acids is 1. The van der Waals surface area contributed by atoms with Gasteiger partial charge in [-0.2, -0.15) is 9.97 Å². The van der Waals surface area contributed by atoms with E-state index >= 15 is 4.39 Å². The number of aromatic nitrogens is 2. The number of nitrogens with one attached hydrogen (secondary N) is 2. The van der Waals surface area contributed by atoms with E-state index in [2.05, 4.69) is 25.4 Å². The Balaban J connectivity index is 1.23. The highest BCUT2D eigenvalue weighted by Crippen LogP contribution is 2.39. The summed E-state index contributed by atoms with van der Waals surface area (Å²) in [5.74, 6) is 0.319. The van der Waals surface area contributed by atoms with E-state index in [1.54, 1.807) is 18.2 Å². The molecule has 1 amide bonds. The first-order valence-corrected chi connectivity index (χ1v) is 15.8. The Labute approximate surface area is 256 Å². The van der Waals surface area contributed by atoms with E-state index in [1.807, 2.05) is 30.3 Å². The summed E-state index contributed by atoms with van der Waals surface area (Å²) in [4.78, 5) is 25.5. The predicted octanol–water partition coefficient (Wildman–Crippen LogP) is 4.60. The van der Waals surface area contributed by atoms with Crippen molar-refractivity contribution in [2.45, 2.75) is 57.2 Å². The van der Waals surface area contributed by atoms with Crippen LogP contribution in [0, 0.1) is 5.82 Å². The van der Waals surface area contributed by atoms with Crippen molar-refractivity contribution in [2.24, 2.45) is 0 Å². The standard InChI is InChI=1S/C34H39FN6O3/c1-21(42)36-13-5-15-40-14-4-7-25(40)20-44-34-38-32-29(33(39-34)41-18-23-9-10-24(19-41)37-23)12-11-28(31(32)35)30-17-26(43)16-22-6-2-3-8-27(22)30/h2-3,6,8,11-12,16-17,23-25,37,43H,4-5,7,9-10,13-15,18-20H2,1H3,(H,36,42)/t23-,24+,25-/m0/s1. The maximum absolute atomic E-state index is 16.6. The number of fused-ring (bicyclic) bond motifs is 4. The van der Waals surface area contributed by atoms with Crippen molar-refractivity contribution in [1.82, 2.24) is 25.5 Å². The van der Waals surface area contributed by atoms with Crippen LogP contribution in [0.25, 0.3) is 32.8 Å². The van der Waals surface area contributed by atoms with Gasteiger partial charge in [-0.3, -0.25) is 9.69 Å². The summed E-state index contributed by atoms with van der Waals surface area (Å²) in [7, 11) is 0. The summed E-state index contributed by atoms with van der Waals surface area (Å²) in [6, 6.07) is 15.8. The van der Waals surface area contributed by atoms with Gasteiger partial charge < -0.3 is 25.4 Å². The molecular formula is C34H39FN6O3. The molecule has 2 bridgehead atoms. The van der Waals surface area contributed by atoms with E-state index in [-0.39, 0.29) is 29.2 Å². The van der Waals surface area contributed by atoms with E-state index in [4.69, 9.17) is 9.72 Å². The van der Waals surface area contributed by atoms with Crippen LogP contribution in [0.3, 0.4) is 0 Å². The molecule has 3 aliphatic rings. The summed E-state index contributed by atoms with van der Waals surface area (Å²) in [6.45, 7) is 6.05. The third-order valence-electron chi connectivity index (χ3n) is 9.32. The number of anilines is 1. The molecule has 1 aromatic heterocycles. The van der Waals surface area contributed by atoms with Crippen LogP contribution in [-0.4, -0.2) is 83.3 Å². The first-order chi connectivity index (χ1) is 21.4. The number of nitrogens with zero attached hydrogens (tertiary/aromatic N) is 4. The average molecular weight is 599 g/mol. The minimum absolute atomic E-state index is 0.0132. The molecule has 230 valence electrons. The molecule has 0 spiro atoms. The van der Waals surface area contributed by atoms with Gasteiger partial charge in [0.2, 0.25) is 5.91 Å². The highest BCUT2D eigenvalue weighted by Gasteiger charge is 2.34. The summed E-state index contributed by atoms with van der Waals surface area (Å²) in [5.41, 5.74) is 1.21. The molecule has 3 fully saturated rings. The molecular weight excluding hydrogens is 559 g/mol. The maximum atomic E-state index is 16.6. The normalized spacial score (nSPS) is 21.8. The Bertz CT molecular complexity index is 1690. The molecule has 3 N–H and O–H groups in total. The minimum atomic E-state index is -0.453. The number of hydrogen-bond acceptors (Lipinski definition) is 8. The summed E-state index contributed by atoms with van der Waals surface area (Å²) in [6.07, 6.45) is 5.20. The molecule has 44 heavy (non-hydrogen) atoms. The molecule has 10 heteroatoms. The van der Waals surface area contributed by atoms with Crippen LogP contribution in [0.15, 0.2) is 48.5 Å². The number of phenols is 1. The van der Waals surface area contributed by atoms with E-state index in [9.17, 15) is 9.90 Å². The fraction of sp³-hybridized carbons (Fsp3) is 0.441. The third-order valence-corrected chi connectivity index (χ3v) is 9.32. The number of phenolic OH excluding ortho intramolecular Hbond substituents is 1. The maximum Gasteiger partial charge on any atom is 0.319 e. The van der Waals surface area contributed by atoms with Crippen LogP contribution in [0.5, 0.6) is 11.8 Å². The highest BCUT2D eigenvalue weighted by molar-refractivity contribution is 6.01. The minimum Gasteiger partial charge on any atom is -0.508 e. The van der Waals surface area contributed by atoms with Crippen molar-refractivity contribution < 1.29 is 19.0 Å². The number of hydrogen-bond donors (Lipinski definition) is 3. The zero-order chi connectivity index (χ0) is 30.2. The fourth-order valence-electron chi connectivity index (χ4n) is 7.22. The van der Waals surface area contributed by atoms with Gasteiger partial charge in [0.1, 0.15) is 23.7 Å². The Morgan fingerprint density at radius 3 is 2.70 bits per heavy atom. The van der Waals surface area contributed by atoms with Crippen LogP contribution in [0.4, 0.5) is 10.2 Å². The Morgan fingerprint density at radius 1 is 1.07 bits per heavy atom. The molecule has 0 aliphatic carbocycles. The van der Waals surface area contributed by atoms with E-state index in [0.717, 1.165) is 69.1 Å². The summed E-state index contributed by atoms with van der Waals surface area (Å²) >= 11 is 0. The Hall–Kier alpha value is -4.02. The van der Waals surface area contributed by atoms with Crippen molar-refractivity contribution in [1.29, 1.82) is 0 Å². The predicted molar refractivity (Wildman–Crippen MR) is 170 cm³/mol. The molecule has 0 unspecified atom stereocenters. The monoisotopic (exact) mass is 598 g/mol. The SMILES string of the molecule is CC(=O)NCCCN1CCC[C@H]1COc1nc(N2C[C@H]3CC[C@@H](C2)N3)c2ccc(-c3cc(O)cc4ccccc34)c(F)c2n1. The number of ether oxygens (including phenoxy) is 1. The number of rotatable bonds is 9. The van der Waals surface area contributed by atoms with Crippen LogP contribution < -0.4 is 20.3 Å². The molecule has 3 aliphatic heterocycles. The lowest BCUT2D eigenvalue weighted by Crippen LogP contribution is -2.51. The topological polar surface area (TPSA) is 103 Å². The van der Waals surface area contributed by atoms with E-state index < -0.39 is 5.82 Å². The summed E-state index contributed by atoms with van der Waals surface area (Å²) in [5, 5.41) is 19.4. The Kier molecular flexibility index (Phi) is 7.95. The van der Waals surface area contributed by atoms with Crippen LogP contribution in [0.2, 0.25) is 0 Å². The van der Waals surface area contributed by atoms with Gasteiger partial charge in [0.15, 0.2) is 5.82 Å². The first-order valence-electron chi connectivity index (χ1n) is 15.8. The number of aromatic hydroxyl groups is 1. The second kappa shape index (κ2) is 12.2. The van der Waals surface area contributed by atoms with Crippen molar-refractivity contribution in [2.75, 3.05) is 44.2 Å². The number of carbonyl (C=O) groups is 1. The molecule has 7 rings (SSSR count). The van der Waals surface area contributed by atoms with Crippen LogP contribution in [-0.2, 0) is 4.79 Å². The molecule has 0 saturated carbocycles. The molecule has 3 saturated heterocycles. The number of amides is 1. The lowest BCUT2D eigenvalue weighted by Gasteiger charge is -2.34. The van der Waals surface area contributed by atoms with Crippen LogP contribution >= 0.6 is 0 Å². The van der Waals surface area contributed by atoms with Crippen molar-refractivity contribution in [3.05, 3.63) is 54.3 Å². The zero-order valence-corrected chi connectivity index (χ0v) is 25.1. The summed E-state index contributed by atoms with van der Waals surface area (Å²) < 4.78 is 22.9. The van der Waals surface area contributed by atoms with Crippen molar-refractivity contribution >= 4 is 33.4 Å². The van der Waals surface area contributed by atoms with E-state index in [0.29, 0.717) is 47.6 Å². The molecule has 3 atom stereocenters. The van der Waals surface area contributed by atoms with E-state index in [1.165, 1.54) is 6.92 Å². The zero-order valence-electron chi connectivity index (χ0n) is 25.1. The third kappa shape index (κ3) is 5.76. The van der Waals surface area contributed by atoms with Gasteiger partial charge in [-0.1, -0.05) is 30.3 Å². The first kappa shape index (κ1) is 28.7. The van der Waals surface area contributed by atoms with Gasteiger partial charge in [-0.05, 0) is 73.2 Å². The van der Waals surface area contributed by atoms with Crippen molar-refractivity contribution in [3.63, 3.8) is 0 Å². The molecule has 3 aromatic carbocycles. The van der Waals surface area contributed by atoms with Crippen LogP contribution in [0.1, 0.15) is 39.0 Å². The fourth-order valence-corrected chi connectivity index (χ4v) is 7.22. The molecule has 4 aromatic rings. The number of likely N-dealkylation sites (tertiary alicyclic amines) is 1. The molecule has 0 radical (unpaired) electrons. The van der Waals surface area contributed by atoms with Crippen molar-refractivity contribution in [3.8, 4) is 22.9 Å². The average Bonchev–Trinajstić information content (AvgIpc) is 3.62. The quantitative estimate of drug-likeness (QED) is 0.240. The number of piperazine rings is 1. The van der Waals surface area contributed by atoms with Gasteiger partial charge in [0, 0.05) is 62.2 Å². The number of halogens is 1. The van der Waals surface area contributed by atoms with Gasteiger partial charge in [0.25, 0.3) is 0 Å². The lowest BCUT2D eigenvalue weighted by atomic mass is 9.96. The lowest BCUT2D eigenvalue weighted by molar-refractivity contribution is -0.118. The smallest absolute Gasteiger partial charge is 0.319 e. The largest absolute Gasteiger partial charge is 0.508 e. The highest BCUT2D eigenvalue weighted by atomic mass is 19.1. The molecule has 9 nitrogen and oxygen atoms in total.